The molecule has 0 saturated heterocycles. The molecule has 0 amide bonds. The first-order valence-corrected chi connectivity index (χ1v) is 5.81. The van der Waals surface area contributed by atoms with E-state index in [0.29, 0.717) is 5.69 Å². The fraction of sp³-hybridized carbons (Fsp3) is 0.133. The van der Waals surface area contributed by atoms with Gasteiger partial charge in [-0.3, -0.25) is 0 Å². The summed E-state index contributed by atoms with van der Waals surface area (Å²) in [6.45, 7) is -1.06. The van der Waals surface area contributed by atoms with Crippen molar-refractivity contribution in [1.82, 2.24) is 4.98 Å². The molecule has 0 unspecified atom stereocenters. The first-order chi connectivity index (χ1) is 9.15. The van der Waals surface area contributed by atoms with Crippen molar-refractivity contribution in [2.45, 2.75) is 13.5 Å². The number of benzene rings is 1. The van der Waals surface area contributed by atoms with Crippen molar-refractivity contribution in [2.75, 3.05) is 0 Å². The number of ether oxygens (including phenoxy) is 1. The zero-order valence-electron chi connectivity index (χ0n) is 10.4. The quantitative estimate of drug-likeness (QED) is 0.824. The van der Waals surface area contributed by atoms with Gasteiger partial charge in [-0.25, -0.2) is 4.98 Å². The van der Waals surface area contributed by atoms with Crippen LogP contribution in [0.25, 0.3) is 12.2 Å². The molecule has 0 N–H and O–H groups in total. The van der Waals surface area contributed by atoms with Crippen LogP contribution in [0.1, 0.15) is 17.0 Å². The van der Waals surface area contributed by atoms with Crippen LogP contribution in [0.4, 0.5) is 8.78 Å². The van der Waals surface area contributed by atoms with Crippen molar-refractivity contribution in [1.29, 1.82) is 0 Å². The summed E-state index contributed by atoms with van der Waals surface area (Å²) in [6, 6.07) is 12.7. The van der Waals surface area contributed by atoms with E-state index in [-0.39, 0.29) is 5.75 Å². The number of aromatic nitrogens is 1. The van der Waals surface area contributed by atoms with E-state index >= 15 is 0 Å². The smallest absolute Gasteiger partial charge is 0.387 e. The Kier molecular flexibility index (Phi) is 4.23. The Labute approximate surface area is 110 Å². The number of rotatable bonds is 4. The normalized spacial score (nSPS) is 11.2. The number of halogens is 2. The van der Waals surface area contributed by atoms with Gasteiger partial charge in [-0.05, 0) is 30.7 Å². The molecule has 0 atom stereocenters. The summed E-state index contributed by atoms with van der Waals surface area (Å²) in [5, 5.41) is 0. The molecule has 0 spiro atoms. The molecule has 0 radical (unpaired) electrons. The average Bonchev–Trinajstić information content (AvgIpc) is 2.40. The van der Waals surface area contributed by atoms with Crippen LogP contribution in [0.5, 0.6) is 5.75 Å². The lowest BCUT2D eigenvalue weighted by molar-refractivity contribution is -0.0502. The lowest BCUT2D eigenvalue weighted by atomic mass is 10.2. The van der Waals surface area contributed by atoms with Gasteiger partial charge in [-0.2, -0.15) is 8.78 Å². The van der Waals surface area contributed by atoms with Gasteiger partial charge in [-0.1, -0.05) is 36.4 Å². The second kappa shape index (κ2) is 6.09. The van der Waals surface area contributed by atoms with Gasteiger partial charge in [0.15, 0.2) is 5.75 Å². The Bertz CT molecular complexity index is 568. The predicted octanol–water partition coefficient (Wildman–Crippen LogP) is 4.16. The minimum Gasteiger partial charge on any atom is -0.433 e. The van der Waals surface area contributed by atoms with Crippen molar-refractivity contribution in [3.8, 4) is 5.75 Å². The second-order valence-electron chi connectivity index (χ2n) is 3.96. The van der Waals surface area contributed by atoms with E-state index in [1.54, 1.807) is 25.1 Å². The van der Waals surface area contributed by atoms with Gasteiger partial charge in [-0.15, -0.1) is 0 Å². The summed E-state index contributed by atoms with van der Waals surface area (Å²) < 4.78 is 29.0. The third-order valence-corrected chi connectivity index (χ3v) is 2.47. The maximum atomic E-state index is 12.3. The molecule has 1 heterocycles. The first kappa shape index (κ1) is 13.2. The Balaban J connectivity index is 2.28. The van der Waals surface area contributed by atoms with E-state index in [0.717, 1.165) is 11.3 Å². The monoisotopic (exact) mass is 261 g/mol. The molecule has 0 bridgehead atoms. The maximum absolute atomic E-state index is 12.3. The fourth-order valence-electron chi connectivity index (χ4n) is 1.62. The summed E-state index contributed by atoms with van der Waals surface area (Å²) in [5.74, 6) is 0.0766. The third kappa shape index (κ3) is 3.88. The van der Waals surface area contributed by atoms with Gasteiger partial charge >= 0.3 is 6.61 Å². The summed E-state index contributed by atoms with van der Waals surface area (Å²) >= 11 is 0. The fourth-order valence-corrected chi connectivity index (χ4v) is 1.62. The van der Waals surface area contributed by atoms with E-state index in [1.807, 2.05) is 30.3 Å². The number of aryl methyl sites for hydroxylation is 1. The van der Waals surface area contributed by atoms with Crippen LogP contribution in [0.3, 0.4) is 0 Å². The van der Waals surface area contributed by atoms with Crippen molar-refractivity contribution >= 4 is 12.2 Å². The average molecular weight is 261 g/mol. The predicted molar refractivity (Wildman–Crippen MR) is 71.0 cm³/mol. The van der Waals surface area contributed by atoms with Gasteiger partial charge in [0.1, 0.15) is 5.69 Å². The number of hydrogen-bond donors (Lipinski definition) is 0. The molecule has 0 aliphatic carbocycles. The number of alkyl halides is 2. The van der Waals surface area contributed by atoms with Crippen LogP contribution in [-0.2, 0) is 0 Å². The molecule has 19 heavy (non-hydrogen) atoms. The van der Waals surface area contributed by atoms with Crippen LogP contribution < -0.4 is 4.74 Å². The molecule has 98 valence electrons. The van der Waals surface area contributed by atoms with Gasteiger partial charge in [0.25, 0.3) is 0 Å². The van der Waals surface area contributed by atoms with Gasteiger partial charge < -0.3 is 4.74 Å². The van der Waals surface area contributed by atoms with Crippen molar-refractivity contribution in [2.24, 2.45) is 0 Å². The number of nitrogens with zero attached hydrogens (tertiary/aromatic N) is 1. The molecule has 1 aromatic carbocycles. The zero-order valence-corrected chi connectivity index (χ0v) is 10.4. The Morgan fingerprint density at radius 3 is 2.47 bits per heavy atom. The van der Waals surface area contributed by atoms with Crippen LogP contribution in [0, 0.1) is 6.92 Å². The Hall–Kier alpha value is -2.23. The van der Waals surface area contributed by atoms with Crippen molar-refractivity contribution in [3.05, 3.63) is 59.4 Å². The summed E-state index contributed by atoms with van der Waals surface area (Å²) in [5.41, 5.74) is 2.10. The van der Waals surface area contributed by atoms with Crippen LogP contribution >= 0.6 is 0 Å². The Morgan fingerprint density at radius 1 is 1.05 bits per heavy atom. The number of pyridine rings is 1. The molecule has 0 fully saturated rings. The maximum Gasteiger partial charge on any atom is 0.387 e. The molecule has 2 rings (SSSR count). The van der Waals surface area contributed by atoms with Crippen LogP contribution in [-0.4, -0.2) is 11.6 Å². The molecule has 0 saturated carbocycles. The Morgan fingerprint density at radius 2 is 1.79 bits per heavy atom. The van der Waals surface area contributed by atoms with E-state index in [9.17, 15) is 8.78 Å². The van der Waals surface area contributed by atoms with Crippen LogP contribution in [0.15, 0.2) is 42.5 Å². The minimum atomic E-state index is -2.85. The highest BCUT2D eigenvalue weighted by Gasteiger charge is 2.09. The van der Waals surface area contributed by atoms with E-state index < -0.39 is 6.61 Å². The van der Waals surface area contributed by atoms with Gasteiger partial charge in [0.05, 0.1) is 0 Å². The highest BCUT2D eigenvalue weighted by atomic mass is 19.3. The molecule has 0 aliphatic heterocycles. The van der Waals surface area contributed by atoms with Crippen LogP contribution in [0.2, 0.25) is 0 Å². The van der Waals surface area contributed by atoms with E-state index in [4.69, 9.17) is 0 Å². The summed E-state index contributed by atoms with van der Waals surface area (Å²) in [4.78, 5) is 4.20. The molecular weight excluding hydrogens is 248 g/mol. The minimum absolute atomic E-state index is 0.0766. The van der Waals surface area contributed by atoms with E-state index in [2.05, 4.69) is 9.72 Å². The lowest BCUT2D eigenvalue weighted by Crippen LogP contribution is -2.04. The molecular formula is C15H13F2NO. The summed E-state index contributed by atoms with van der Waals surface area (Å²) in [7, 11) is 0. The molecule has 2 aromatic rings. The number of hydrogen-bond acceptors (Lipinski definition) is 2. The SMILES string of the molecule is Cc1ccc(OC(F)F)c(/C=C/c2ccccc2)n1. The molecule has 0 aliphatic rings. The standard InChI is InChI=1S/C15H13F2NO/c1-11-7-10-14(19-15(16)17)13(18-11)9-8-12-5-3-2-4-6-12/h2-10,15H,1H3/b9-8+. The highest BCUT2D eigenvalue weighted by Crippen LogP contribution is 2.21. The third-order valence-electron chi connectivity index (χ3n) is 2.47. The molecule has 1 aromatic heterocycles. The van der Waals surface area contributed by atoms with Crippen molar-refractivity contribution in [3.63, 3.8) is 0 Å². The molecule has 4 heteroatoms. The van der Waals surface area contributed by atoms with E-state index in [1.165, 1.54) is 6.07 Å². The van der Waals surface area contributed by atoms with Gasteiger partial charge in [0.2, 0.25) is 0 Å². The van der Waals surface area contributed by atoms with Crippen molar-refractivity contribution < 1.29 is 13.5 Å². The largest absolute Gasteiger partial charge is 0.433 e. The zero-order chi connectivity index (χ0) is 13.7. The topological polar surface area (TPSA) is 22.1 Å². The summed E-state index contributed by atoms with van der Waals surface area (Å²) in [6.07, 6.45) is 3.47. The van der Waals surface area contributed by atoms with Gasteiger partial charge in [0, 0.05) is 5.69 Å². The molecule has 2 nitrogen and oxygen atoms in total. The second-order valence-corrected chi connectivity index (χ2v) is 3.96. The lowest BCUT2D eigenvalue weighted by Gasteiger charge is -2.07. The highest BCUT2D eigenvalue weighted by molar-refractivity contribution is 5.70. The first-order valence-electron chi connectivity index (χ1n) is 5.81.